The summed E-state index contributed by atoms with van der Waals surface area (Å²) in [5.74, 6) is 2.55. The van der Waals surface area contributed by atoms with Crippen LogP contribution in [0, 0.1) is 28.6 Å². The zero-order chi connectivity index (χ0) is 11.8. The van der Waals surface area contributed by atoms with Gasteiger partial charge in [0.05, 0.1) is 5.60 Å². The van der Waals surface area contributed by atoms with E-state index >= 15 is 0 Å². The van der Waals surface area contributed by atoms with Gasteiger partial charge in [0.2, 0.25) is 0 Å². The summed E-state index contributed by atoms with van der Waals surface area (Å²) in [5, 5.41) is 10.9. The van der Waals surface area contributed by atoms with E-state index in [0.29, 0.717) is 5.41 Å². The van der Waals surface area contributed by atoms with Crippen molar-refractivity contribution in [3.05, 3.63) is 0 Å². The minimum Gasteiger partial charge on any atom is -0.390 e. The third-order valence-corrected chi connectivity index (χ3v) is 6.44. The molecule has 3 aliphatic carbocycles. The highest BCUT2D eigenvalue weighted by molar-refractivity contribution is 5.19. The normalized spacial score (nSPS) is 58.7. The van der Waals surface area contributed by atoms with Crippen molar-refractivity contribution in [2.24, 2.45) is 28.6 Å². The fourth-order valence-corrected chi connectivity index (χ4v) is 6.12. The second-order valence-corrected chi connectivity index (χ2v) is 7.79. The van der Waals surface area contributed by atoms with E-state index in [1.54, 1.807) is 0 Å². The van der Waals surface area contributed by atoms with Gasteiger partial charge in [-0.1, -0.05) is 20.8 Å². The molecule has 0 spiro atoms. The topological polar surface area (TPSA) is 20.2 Å². The van der Waals surface area contributed by atoms with Gasteiger partial charge in [-0.15, -0.1) is 0 Å². The van der Waals surface area contributed by atoms with Crippen LogP contribution in [0.2, 0.25) is 0 Å². The third-order valence-electron chi connectivity index (χ3n) is 6.44. The lowest BCUT2D eigenvalue weighted by molar-refractivity contribution is -0.0802. The van der Waals surface area contributed by atoms with Gasteiger partial charge in [-0.2, -0.15) is 0 Å². The van der Waals surface area contributed by atoms with Crippen molar-refractivity contribution in [1.29, 1.82) is 0 Å². The molecule has 5 atom stereocenters. The standard InChI is InChI=1S/C15H26O/c1-10-5-7-15-8-6-11(10)12(15)13(2,3)9-14(15,4)16/h10-12,16H,5-9H2,1-4H3. The van der Waals surface area contributed by atoms with E-state index in [4.69, 9.17) is 0 Å². The molecule has 0 saturated heterocycles. The van der Waals surface area contributed by atoms with Gasteiger partial charge < -0.3 is 5.11 Å². The lowest BCUT2D eigenvalue weighted by atomic mass is 9.58. The zero-order valence-corrected chi connectivity index (χ0v) is 11.2. The average molecular weight is 222 g/mol. The van der Waals surface area contributed by atoms with Crippen molar-refractivity contribution in [2.75, 3.05) is 0 Å². The van der Waals surface area contributed by atoms with Gasteiger partial charge in [-0.25, -0.2) is 0 Å². The monoisotopic (exact) mass is 222 g/mol. The van der Waals surface area contributed by atoms with E-state index in [1.165, 1.54) is 25.7 Å². The highest BCUT2D eigenvalue weighted by Gasteiger charge is 2.69. The van der Waals surface area contributed by atoms with Crippen LogP contribution < -0.4 is 0 Å². The van der Waals surface area contributed by atoms with E-state index in [9.17, 15) is 5.11 Å². The number of aliphatic hydroxyl groups is 1. The molecule has 3 saturated carbocycles. The molecule has 1 heteroatoms. The van der Waals surface area contributed by atoms with Crippen molar-refractivity contribution in [3.8, 4) is 0 Å². The Morgan fingerprint density at radius 3 is 2.38 bits per heavy atom. The van der Waals surface area contributed by atoms with Crippen LogP contribution in [0.5, 0.6) is 0 Å². The summed E-state index contributed by atoms with van der Waals surface area (Å²) in [6, 6.07) is 0. The molecule has 92 valence electrons. The minimum atomic E-state index is -0.407. The van der Waals surface area contributed by atoms with Crippen molar-refractivity contribution >= 4 is 0 Å². The Kier molecular flexibility index (Phi) is 1.98. The number of hydrogen-bond donors (Lipinski definition) is 1. The average Bonchev–Trinajstić information content (AvgIpc) is 2.53. The molecule has 3 aliphatic rings. The van der Waals surface area contributed by atoms with Crippen LogP contribution in [0.25, 0.3) is 0 Å². The summed E-state index contributed by atoms with van der Waals surface area (Å²) in [6.45, 7) is 9.34. The first-order chi connectivity index (χ1) is 7.30. The van der Waals surface area contributed by atoms with Gasteiger partial charge >= 0.3 is 0 Å². The van der Waals surface area contributed by atoms with Crippen molar-refractivity contribution in [1.82, 2.24) is 0 Å². The molecule has 3 rings (SSSR count). The van der Waals surface area contributed by atoms with Crippen LogP contribution in [0.1, 0.15) is 59.8 Å². The predicted octanol–water partition coefficient (Wildman–Crippen LogP) is 3.61. The minimum absolute atomic E-state index is 0.272. The number of rotatable bonds is 0. The zero-order valence-electron chi connectivity index (χ0n) is 11.2. The fraction of sp³-hybridized carbons (Fsp3) is 1.00. The SMILES string of the molecule is CC1CCC23CCC1C2C(C)(C)CC3(C)O. The highest BCUT2D eigenvalue weighted by atomic mass is 16.3. The first-order valence-corrected chi connectivity index (χ1v) is 7.03. The molecule has 2 bridgehead atoms. The van der Waals surface area contributed by atoms with Gasteiger partial charge in [0, 0.05) is 5.41 Å². The molecule has 0 aromatic carbocycles. The largest absolute Gasteiger partial charge is 0.390 e. The summed E-state index contributed by atoms with van der Waals surface area (Å²) < 4.78 is 0. The van der Waals surface area contributed by atoms with Crippen molar-refractivity contribution in [3.63, 3.8) is 0 Å². The first kappa shape index (κ1) is 11.1. The summed E-state index contributed by atoms with van der Waals surface area (Å²) in [4.78, 5) is 0. The first-order valence-electron chi connectivity index (χ1n) is 7.03. The fourth-order valence-electron chi connectivity index (χ4n) is 6.12. The van der Waals surface area contributed by atoms with E-state index in [1.807, 2.05) is 0 Å². The van der Waals surface area contributed by atoms with Crippen molar-refractivity contribution < 1.29 is 5.11 Å². The Bertz CT molecular complexity index is 317. The molecule has 3 fully saturated rings. The maximum Gasteiger partial charge on any atom is 0.0683 e. The summed E-state index contributed by atoms with van der Waals surface area (Å²) in [6.07, 6.45) is 6.27. The second-order valence-electron chi connectivity index (χ2n) is 7.79. The van der Waals surface area contributed by atoms with Crippen LogP contribution in [-0.2, 0) is 0 Å². The van der Waals surface area contributed by atoms with Crippen molar-refractivity contribution in [2.45, 2.75) is 65.4 Å². The van der Waals surface area contributed by atoms with E-state index in [2.05, 4.69) is 27.7 Å². The molecule has 0 amide bonds. The molecular weight excluding hydrogens is 196 g/mol. The van der Waals surface area contributed by atoms with Crippen LogP contribution in [-0.4, -0.2) is 10.7 Å². The van der Waals surface area contributed by atoms with Crippen LogP contribution >= 0.6 is 0 Å². The molecular formula is C15H26O. The molecule has 0 aromatic rings. The van der Waals surface area contributed by atoms with Crippen LogP contribution in [0.15, 0.2) is 0 Å². The van der Waals surface area contributed by atoms with E-state index < -0.39 is 5.60 Å². The summed E-state index contributed by atoms with van der Waals surface area (Å²) in [7, 11) is 0. The Morgan fingerprint density at radius 1 is 1.06 bits per heavy atom. The number of hydrogen-bond acceptors (Lipinski definition) is 1. The van der Waals surface area contributed by atoms with Crippen LogP contribution in [0.3, 0.4) is 0 Å². The summed E-state index contributed by atoms with van der Waals surface area (Å²) >= 11 is 0. The van der Waals surface area contributed by atoms with Gasteiger partial charge in [0.25, 0.3) is 0 Å². The Morgan fingerprint density at radius 2 is 1.69 bits per heavy atom. The van der Waals surface area contributed by atoms with Gasteiger partial charge in [-0.05, 0) is 62.2 Å². The highest BCUT2D eigenvalue weighted by Crippen LogP contribution is 2.73. The Labute approximate surface area is 99.6 Å². The predicted molar refractivity (Wildman–Crippen MR) is 66.1 cm³/mol. The smallest absolute Gasteiger partial charge is 0.0683 e. The lowest BCUT2D eigenvalue weighted by Crippen LogP contribution is -2.46. The van der Waals surface area contributed by atoms with E-state index in [0.717, 1.165) is 24.2 Å². The molecule has 0 heterocycles. The Balaban J connectivity index is 2.10. The van der Waals surface area contributed by atoms with Gasteiger partial charge in [0.15, 0.2) is 0 Å². The molecule has 0 aromatic heterocycles. The molecule has 16 heavy (non-hydrogen) atoms. The Hall–Kier alpha value is -0.0400. The molecule has 0 radical (unpaired) electrons. The lowest BCUT2D eigenvalue weighted by Gasteiger charge is -2.47. The molecule has 0 aliphatic heterocycles. The quantitative estimate of drug-likeness (QED) is 0.664. The maximum absolute atomic E-state index is 10.9. The summed E-state index contributed by atoms with van der Waals surface area (Å²) in [5.41, 5.74) is 0.211. The molecule has 1 N–H and O–H groups in total. The van der Waals surface area contributed by atoms with Gasteiger partial charge in [0.1, 0.15) is 0 Å². The van der Waals surface area contributed by atoms with Gasteiger partial charge in [-0.3, -0.25) is 0 Å². The van der Waals surface area contributed by atoms with Crippen LogP contribution in [0.4, 0.5) is 0 Å². The molecule has 5 unspecified atom stereocenters. The second kappa shape index (κ2) is 2.85. The molecule has 1 nitrogen and oxygen atoms in total. The maximum atomic E-state index is 10.9. The third kappa shape index (κ3) is 1.06. The van der Waals surface area contributed by atoms with E-state index in [-0.39, 0.29) is 5.41 Å².